The molecule has 158 valence electrons. The molecule has 4 rings (SSSR count). The topological polar surface area (TPSA) is 69.2 Å². The summed E-state index contributed by atoms with van der Waals surface area (Å²) in [4.78, 5) is 25.5. The van der Waals surface area contributed by atoms with E-state index in [0.717, 1.165) is 50.8 Å². The minimum atomic E-state index is -0.516. The number of ether oxygens (including phenoxy) is 2. The molecule has 4 atom stereocenters. The average molecular weight is 512 g/mol. The molecule has 5 nitrogen and oxygen atoms in total. The monoisotopic (exact) mass is 512 g/mol. The number of quaternary nitrogens is 1. The van der Waals surface area contributed by atoms with Crippen molar-refractivity contribution in [2.24, 2.45) is 17.8 Å². The molecule has 2 bridgehead atoms. The van der Waals surface area contributed by atoms with E-state index in [4.69, 9.17) is 9.47 Å². The van der Waals surface area contributed by atoms with E-state index in [2.05, 4.69) is 40.0 Å². The molecule has 2 saturated carbocycles. The Morgan fingerprint density at radius 3 is 2.34 bits per heavy atom. The van der Waals surface area contributed by atoms with Gasteiger partial charge in [-0.3, -0.25) is 9.59 Å². The van der Waals surface area contributed by atoms with Crippen molar-refractivity contribution in [1.29, 1.82) is 0 Å². The largest absolute Gasteiger partial charge is 0.461 e. The summed E-state index contributed by atoms with van der Waals surface area (Å²) < 4.78 is 11.6. The predicted molar refractivity (Wildman–Crippen MR) is 117 cm³/mol. The average Bonchev–Trinajstić information content (AvgIpc) is 3.29. The molecule has 1 aromatic carbocycles. The van der Waals surface area contributed by atoms with Gasteiger partial charge >= 0.3 is 11.9 Å². The highest BCUT2D eigenvalue weighted by atomic mass is 127. The number of carbonyl (C=O) groups excluding carboxylic acids is 2. The summed E-state index contributed by atoms with van der Waals surface area (Å²) in [7, 11) is 0. The number of hydrogen-bond acceptors (Lipinski definition) is 4. The molecule has 6 heteroatoms. The van der Waals surface area contributed by atoms with Crippen LogP contribution in [0.1, 0.15) is 51.5 Å². The summed E-state index contributed by atoms with van der Waals surface area (Å²) >= 11 is 2.12. The SMILES string of the molecule is CC(C)(I)C(=O)OC1CC2CC1CC2C(=O)OC1(c2ccccc2)CC[NH2+]CC1. The zero-order valence-corrected chi connectivity index (χ0v) is 19.4. The summed E-state index contributed by atoms with van der Waals surface area (Å²) in [6, 6.07) is 10.2. The molecule has 3 fully saturated rings. The van der Waals surface area contributed by atoms with Crippen LogP contribution in [0.4, 0.5) is 0 Å². The molecule has 1 heterocycles. The normalized spacial score (nSPS) is 30.7. The molecule has 2 N–H and O–H groups in total. The van der Waals surface area contributed by atoms with Gasteiger partial charge in [-0.1, -0.05) is 52.9 Å². The lowest BCUT2D eigenvalue weighted by Crippen LogP contribution is -2.87. The van der Waals surface area contributed by atoms with Crippen molar-refractivity contribution < 1.29 is 24.4 Å². The fraction of sp³-hybridized carbons (Fsp3) is 0.652. The fourth-order valence-electron chi connectivity index (χ4n) is 5.33. The Labute approximate surface area is 186 Å². The first-order valence-corrected chi connectivity index (χ1v) is 11.9. The molecule has 0 amide bonds. The standard InChI is InChI=1S/C23H30INO4/c1-22(2,24)21(27)28-19-14-15-12-16(19)13-18(15)20(26)29-23(8-10-25-11-9-23)17-6-4-3-5-7-17/h3-7,15-16,18-19,25H,8-14H2,1-2H3/p+1. The molecule has 1 saturated heterocycles. The minimum absolute atomic E-state index is 0.0436. The van der Waals surface area contributed by atoms with E-state index >= 15 is 0 Å². The Balaban J connectivity index is 1.42. The van der Waals surface area contributed by atoms with Crippen LogP contribution in [0.5, 0.6) is 0 Å². The number of esters is 2. The van der Waals surface area contributed by atoms with E-state index in [9.17, 15) is 9.59 Å². The first-order chi connectivity index (χ1) is 13.8. The van der Waals surface area contributed by atoms with Gasteiger partial charge in [0.1, 0.15) is 15.1 Å². The Kier molecular flexibility index (Phi) is 5.95. The number of nitrogens with two attached hydrogens (primary N) is 1. The van der Waals surface area contributed by atoms with E-state index in [1.807, 2.05) is 32.0 Å². The second kappa shape index (κ2) is 8.17. The fourth-order valence-corrected chi connectivity index (χ4v) is 5.46. The highest BCUT2D eigenvalue weighted by Gasteiger charge is 2.53. The molecular weight excluding hydrogens is 481 g/mol. The van der Waals surface area contributed by atoms with E-state index in [1.54, 1.807) is 0 Å². The molecule has 0 radical (unpaired) electrons. The highest BCUT2D eigenvalue weighted by molar-refractivity contribution is 14.1. The van der Waals surface area contributed by atoms with Crippen LogP contribution >= 0.6 is 22.6 Å². The first-order valence-electron chi connectivity index (χ1n) is 10.8. The maximum absolute atomic E-state index is 13.2. The van der Waals surface area contributed by atoms with Gasteiger partial charge in [-0.25, -0.2) is 0 Å². The number of carbonyl (C=O) groups is 2. The highest BCUT2D eigenvalue weighted by Crippen LogP contribution is 2.51. The summed E-state index contributed by atoms with van der Waals surface area (Å²) in [5.41, 5.74) is 0.618. The molecule has 0 aromatic heterocycles. The van der Waals surface area contributed by atoms with Gasteiger partial charge in [-0.2, -0.15) is 0 Å². The minimum Gasteiger partial charge on any atom is -0.461 e. The van der Waals surface area contributed by atoms with Crippen LogP contribution in [0.3, 0.4) is 0 Å². The molecule has 2 aliphatic carbocycles. The third-order valence-corrected chi connectivity index (χ3v) is 7.38. The van der Waals surface area contributed by atoms with Crippen LogP contribution in [0.15, 0.2) is 30.3 Å². The van der Waals surface area contributed by atoms with Crippen molar-refractivity contribution in [1.82, 2.24) is 0 Å². The van der Waals surface area contributed by atoms with E-state index < -0.39 is 9.02 Å². The van der Waals surface area contributed by atoms with Crippen molar-refractivity contribution in [3.8, 4) is 0 Å². The van der Waals surface area contributed by atoms with Crippen LogP contribution in [0.25, 0.3) is 0 Å². The first kappa shape index (κ1) is 21.1. The number of rotatable bonds is 5. The molecule has 1 aliphatic heterocycles. The molecule has 1 aromatic rings. The number of alkyl halides is 1. The molecule has 3 aliphatic rings. The van der Waals surface area contributed by atoms with Crippen molar-refractivity contribution in [3.63, 3.8) is 0 Å². The Bertz CT molecular complexity index is 754. The second-order valence-corrected chi connectivity index (χ2v) is 12.1. The van der Waals surface area contributed by atoms with Gasteiger partial charge in [0.15, 0.2) is 0 Å². The van der Waals surface area contributed by atoms with E-state index in [0.29, 0.717) is 0 Å². The number of hydrogen-bond donors (Lipinski definition) is 1. The Hall–Kier alpha value is -1.15. The maximum atomic E-state index is 13.2. The van der Waals surface area contributed by atoms with Crippen LogP contribution in [0, 0.1) is 17.8 Å². The van der Waals surface area contributed by atoms with Crippen LogP contribution in [-0.4, -0.2) is 34.6 Å². The van der Waals surface area contributed by atoms with Crippen LogP contribution in [0.2, 0.25) is 0 Å². The van der Waals surface area contributed by atoms with Gasteiger partial charge in [0.05, 0.1) is 19.0 Å². The van der Waals surface area contributed by atoms with Gasteiger partial charge < -0.3 is 14.8 Å². The number of piperidine rings is 1. The quantitative estimate of drug-likeness (QED) is 0.374. The van der Waals surface area contributed by atoms with Gasteiger partial charge in [0.25, 0.3) is 0 Å². The summed E-state index contributed by atoms with van der Waals surface area (Å²) in [5, 5.41) is 2.29. The lowest BCUT2D eigenvalue weighted by molar-refractivity contribution is -0.668. The maximum Gasteiger partial charge on any atom is 0.321 e. The van der Waals surface area contributed by atoms with Crippen LogP contribution in [-0.2, 0) is 24.7 Å². The third-order valence-electron chi connectivity index (χ3n) is 6.94. The number of fused-ring (bicyclic) bond motifs is 2. The van der Waals surface area contributed by atoms with Crippen molar-refractivity contribution in [3.05, 3.63) is 35.9 Å². The summed E-state index contributed by atoms with van der Waals surface area (Å²) in [6.45, 7) is 5.69. The van der Waals surface area contributed by atoms with Gasteiger partial charge in [0.2, 0.25) is 0 Å². The lowest BCUT2D eigenvalue weighted by atomic mass is 9.83. The van der Waals surface area contributed by atoms with Crippen LogP contribution < -0.4 is 5.32 Å². The van der Waals surface area contributed by atoms with Crippen molar-refractivity contribution in [2.45, 2.75) is 61.1 Å². The molecular formula is C23H31INO4+. The smallest absolute Gasteiger partial charge is 0.321 e. The van der Waals surface area contributed by atoms with Gasteiger partial charge in [0, 0.05) is 12.8 Å². The summed E-state index contributed by atoms with van der Waals surface area (Å²) in [5.74, 6) is 0.283. The Morgan fingerprint density at radius 2 is 1.76 bits per heavy atom. The zero-order chi connectivity index (χ0) is 20.6. The zero-order valence-electron chi connectivity index (χ0n) is 17.2. The molecule has 29 heavy (non-hydrogen) atoms. The van der Waals surface area contributed by atoms with E-state index in [1.165, 1.54) is 0 Å². The number of halogens is 1. The van der Waals surface area contributed by atoms with Crippen molar-refractivity contribution >= 4 is 34.5 Å². The second-order valence-electron chi connectivity index (χ2n) is 9.40. The van der Waals surface area contributed by atoms with E-state index in [-0.39, 0.29) is 35.8 Å². The third kappa shape index (κ3) is 4.33. The van der Waals surface area contributed by atoms with Gasteiger partial charge in [-0.05, 0) is 50.5 Å². The number of benzene rings is 1. The lowest BCUT2D eigenvalue weighted by Gasteiger charge is -2.38. The predicted octanol–water partition coefficient (Wildman–Crippen LogP) is 2.95. The van der Waals surface area contributed by atoms with Crippen molar-refractivity contribution in [2.75, 3.05) is 13.1 Å². The Morgan fingerprint density at radius 1 is 1.07 bits per heavy atom. The molecule has 4 unspecified atom stereocenters. The van der Waals surface area contributed by atoms with Gasteiger partial charge in [-0.15, -0.1) is 0 Å². The summed E-state index contributed by atoms with van der Waals surface area (Å²) in [6.07, 6.45) is 4.20. The molecule has 0 spiro atoms.